The minimum absolute atomic E-state index is 0.839. The molecule has 1 aromatic carbocycles. The lowest BCUT2D eigenvalue weighted by molar-refractivity contribution is 0.984. The Balaban J connectivity index is 1.99. The van der Waals surface area contributed by atoms with Crippen molar-refractivity contribution in [2.45, 2.75) is 20.3 Å². The molecule has 3 rings (SSSR count). The topological polar surface area (TPSA) is 0 Å². The van der Waals surface area contributed by atoms with Gasteiger partial charge in [0.2, 0.25) is 0 Å². The van der Waals surface area contributed by atoms with E-state index in [-0.39, 0.29) is 0 Å². The van der Waals surface area contributed by atoms with E-state index in [1.807, 2.05) is 0 Å². The molecule has 1 saturated carbocycles. The van der Waals surface area contributed by atoms with Crippen LogP contribution in [-0.4, -0.2) is 0 Å². The average molecular weight is 196 g/mol. The van der Waals surface area contributed by atoms with Crippen molar-refractivity contribution in [2.75, 3.05) is 0 Å². The van der Waals surface area contributed by atoms with E-state index in [1.165, 1.54) is 28.7 Å². The summed E-state index contributed by atoms with van der Waals surface area (Å²) in [6.07, 6.45) is 8.47. The first-order chi connectivity index (χ1) is 7.24. The fraction of sp³-hybridized carbons (Fsp3) is 0.333. The predicted molar refractivity (Wildman–Crippen MR) is 64.6 cm³/mol. The standard InChI is InChI=1S/C15H16/c1-10-3-4-12(7-11(10)2)13-5-6-14-9-15(14)8-13/h3-8,14-15H,9H2,1-2H3. The molecule has 0 nitrogen and oxygen atoms in total. The van der Waals surface area contributed by atoms with Crippen molar-refractivity contribution in [3.8, 4) is 0 Å². The van der Waals surface area contributed by atoms with Crippen LogP contribution >= 0.6 is 0 Å². The Morgan fingerprint density at radius 2 is 1.93 bits per heavy atom. The second-order valence-electron chi connectivity index (χ2n) is 4.84. The van der Waals surface area contributed by atoms with Gasteiger partial charge in [-0.25, -0.2) is 0 Å². The zero-order valence-electron chi connectivity index (χ0n) is 9.33. The van der Waals surface area contributed by atoms with Gasteiger partial charge < -0.3 is 0 Å². The van der Waals surface area contributed by atoms with E-state index in [2.05, 4.69) is 50.3 Å². The third kappa shape index (κ3) is 1.54. The average Bonchev–Trinajstić information content (AvgIpc) is 3.00. The van der Waals surface area contributed by atoms with Gasteiger partial charge in [0.25, 0.3) is 0 Å². The summed E-state index contributed by atoms with van der Waals surface area (Å²) in [6.45, 7) is 4.35. The number of allylic oxidation sites excluding steroid dienone is 4. The highest BCUT2D eigenvalue weighted by Gasteiger charge is 2.34. The molecule has 0 aliphatic heterocycles. The molecule has 1 aromatic rings. The molecule has 2 unspecified atom stereocenters. The molecule has 0 spiro atoms. The molecule has 0 N–H and O–H groups in total. The smallest absolute Gasteiger partial charge is 0.0155 e. The molecule has 0 amide bonds. The van der Waals surface area contributed by atoms with Gasteiger partial charge in [0.1, 0.15) is 0 Å². The molecule has 0 aromatic heterocycles. The normalized spacial score (nSPS) is 27.2. The van der Waals surface area contributed by atoms with Crippen LogP contribution in [0, 0.1) is 25.7 Å². The van der Waals surface area contributed by atoms with Crippen molar-refractivity contribution >= 4 is 5.57 Å². The van der Waals surface area contributed by atoms with Gasteiger partial charge in [-0.2, -0.15) is 0 Å². The molecule has 76 valence electrons. The molecule has 15 heavy (non-hydrogen) atoms. The monoisotopic (exact) mass is 196 g/mol. The van der Waals surface area contributed by atoms with Crippen molar-refractivity contribution in [1.29, 1.82) is 0 Å². The second kappa shape index (κ2) is 3.10. The number of aryl methyl sites for hydroxylation is 2. The fourth-order valence-corrected chi connectivity index (χ4v) is 2.28. The quantitative estimate of drug-likeness (QED) is 0.639. The molecular formula is C15H16. The van der Waals surface area contributed by atoms with Gasteiger partial charge in [-0.1, -0.05) is 36.4 Å². The Morgan fingerprint density at radius 3 is 2.67 bits per heavy atom. The predicted octanol–water partition coefficient (Wildman–Crippen LogP) is 3.89. The van der Waals surface area contributed by atoms with E-state index in [9.17, 15) is 0 Å². The van der Waals surface area contributed by atoms with Gasteiger partial charge in [-0.05, 0) is 54.4 Å². The molecule has 0 bridgehead atoms. The maximum absolute atomic E-state index is 2.44. The molecule has 2 aliphatic carbocycles. The summed E-state index contributed by atoms with van der Waals surface area (Å²) in [5.74, 6) is 1.70. The van der Waals surface area contributed by atoms with E-state index in [0.717, 1.165) is 11.8 Å². The molecule has 0 heterocycles. The Labute approximate surface area is 91.3 Å². The van der Waals surface area contributed by atoms with Gasteiger partial charge in [-0.15, -0.1) is 0 Å². The largest absolute Gasteiger partial charge is 0.0802 e. The molecular weight excluding hydrogens is 180 g/mol. The first-order valence-corrected chi connectivity index (χ1v) is 5.72. The van der Waals surface area contributed by atoms with E-state index in [1.54, 1.807) is 0 Å². The van der Waals surface area contributed by atoms with E-state index in [4.69, 9.17) is 0 Å². The minimum atomic E-state index is 0.839. The lowest BCUT2D eigenvalue weighted by Crippen LogP contribution is -1.90. The van der Waals surface area contributed by atoms with Gasteiger partial charge in [0.05, 0.1) is 0 Å². The van der Waals surface area contributed by atoms with Crippen molar-refractivity contribution in [3.63, 3.8) is 0 Å². The van der Waals surface area contributed by atoms with Gasteiger partial charge in [0.15, 0.2) is 0 Å². The van der Waals surface area contributed by atoms with Crippen LogP contribution in [0.2, 0.25) is 0 Å². The highest BCUT2D eigenvalue weighted by Crippen LogP contribution is 2.45. The number of fused-ring (bicyclic) bond motifs is 1. The zero-order chi connectivity index (χ0) is 10.4. The first kappa shape index (κ1) is 8.96. The molecule has 0 radical (unpaired) electrons. The van der Waals surface area contributed by atoms with Crippen LogP contribution in [0.4, 0.5) is 0 Å². The van der Waals surface area contributed by atoms with Crippen molar-refractivity contribution in [2.24, 2.45) is 11.8 Å². The molecule has 0 saturated heterocycles. The summed E-state index contributed by atoms with van der Waals surface area (Å²) in [5, 5.41) is 0. The third-order valence-corrected chi connectivity index (χ3v) is 3.65. The lowest BCUT2D eigenvalue weighted by atomic mass is 9.97. The highest BCUT2D eigenvalue weighted by molar-refractivity contribution is 5.76. The van der Waals surface area contributed by atoms with Gasteiger partial charge in [0, 0.05) is 0 Å². The summed E-state index contributed by atoms with van der Waals surface area (Å²) in [7, 11) is 0. The van der Waals surface area contributed by atoms with Crippen LogP contribution in [0.3, 0.4) is 0 Å². The third-order valence-electron chi connectivity index (χ3n) is 3.65. The summed E-state index contributed by atoms with van der Waals surface area (Å²) in [4.78, 5) is 0. The number of benzene rings is 1. The van der Waals surface area contributed by atoms with Crippen LogP contribution in [-0.2, 0) is 0 Å². The number of hydrogen-bond acceptors (Lipinski definition) is 0. The van der Waals surface area contributed by atoms with Crippen LogP contribution in [0.5, 0.6) is 0 Å². The van der Waals surface area contributed by atoms with Crippen LogP contribution in [0.1, 0.15) is 23.1 Å². The molecule has 1 fully saturated rings. The fourth-order valence-electron chi connectivity index (χ4n) is 2.28. The number of hydrogen-bond donors (Lipinski definition) is 0. The minimum Gasteiger partial charge on any atom is -0.0802 e. The molecule has 2 atom stereocenters. The SMILES string of the molecule is Cc1ccc(C2=CC3CC3C=C2)cc1C. The van der Waals surface area contributed by atoms with Crippen LogP contribution in [0.15, 0.2) is 36.4 Å². The van der Waals surface area contributed by atoms with E-state index < -0.39 is 0 Å². The number of rotatable bonds is 1. The Bertz CT molecular complexity index is 463. The zero-order valence-corrected chi connectivity index (χ0v) is 9.33. The summed E-state index contributed by atoms with van der Waals surface area (Å²) in [5.41, 5.74) is 5.56. The Morgan fingerprint density at radius 1 is 1.07 bits per heavy atom. The molecule has 2 aliphatic rings. The second-order valence-corrected chi connectivity index (χ2v) is 4.84. The van der Waals surface area contributed by atoms with Crippen molar-refractivity contribution < 1.29 is 0 Å². The van der Waals surface area contributed by atoms with Crippen LogP contribution in [0.25, 0.3) is 5.57 Å². The van der Waals surface area contributed by atoms with E-state index >= 15 is 0 Å². The van der Waals surface area contributed by atoms with Gasteiger partial charge >= 0.3 is 0 Å². The van der Waals surface area contributed by atoms with Crippen molar-refractivity contribution in [3.05, 3.63) is 53.1 Å². The van der Waals surface area contributed by atoms with Crippen LogP contribution < -0.4 is 0 Å². The maximum Gasteiger partial charge on any atom is -0.0155 e. The molecule has 0 heteroatoms. The first-order valence-electron chi connectivity index (χ1n) is 5.72. The van der Waals surface area contributed by atoms with Crippen molar-refractivity contribution in [1.82, 2.24) is 0 Å². The maximum atomic E-state index is 2.44. The summed E-state index contributed by atoms with van der Waals surface area (Å²) < 4.78 is 0. The summed E-state index contributed by atoms with van der Waals surface area (Å²) in [6, 6.07) is 6.76. The van der Waals surface area contributed by atoms with E-state index in [0.29, 0.717) is 0 Å². The Hall–Kier alpha value is -1.30. The highest BCUT2D eigenvalue weighted by atomic mass is 14.4. The lowest BCUT2D eigenvalue weighted by Gasteiger charge is -2.09. The van der Waals surface area contributed by atoms with Gasteiger partial charge in [-0.3, -0.25) is 0 Å². The summed E-state index contributed by atoms with van der Waals surface area (Å²) >= 11 is 0. The Kier molecular flexibility index (Phi) is 1.85.